The van der Waals surface area contributed by atoms with Gasteiger partial charge in [-0.15, -0.1) is 0 Å². The van der Waals surface area contributed by atoms with Crippen LogP contribution in [0.4, 0.5) is 0 Å². The zero-order valence-corrected chi connectivity index (χ0v) is 16.9. The van der Waals surface area contributed by atoms with Crippen LogP contribution < -0.4 is 14.9 Å². The Labute approximate surface area is 173 Å². The Kier molecular flexibility index (Phi) is 5.39. The Bertz CT molecular complexity index is 1240. The van der Waals surface area contributed by atoms with Crippen LogP contribution in [-0.4, -0.2) is 45.2 Å². The van der Waals surface area contributed by atoms with E-state index < -0.39 is 15.9 Å². The molecule has 0 saturated heterocycles. The Morgan fingerprint density at radius 3 is 2.67 bits per heavy atom. The second-order valence-corrected chi connectivity index (χ2v) is 8.72. The minimum Gasteiger partial charge on any atom is -0.454 e. The van der Waals surface area contributed by atoms with Crippen LogP contribution in [0, 0.1) is 0 Å². The molecule has 3 aromatic rings. The first-order chi connectivity index (χ1) is 14.4. The number of hydrogen-bond donors (Lipinski definition) is 1. The summed E-state index contributed by atoms with van der Waals surface area (Å²) in [6, 6.07) is 17.6. The number of fused-ring (bicyclic) bond motifs is 2. The van der Waals surface area contributed by atoms with Crippen molar-refractivity contribution in [2.75, 3.05) is 20.4 Å². The van der Waals surface area contributed by atoms with Gasteiger partial charge < -0.3 is 9.47 Å². The third-order valence-electron chi connectivity index (χ3n) is 4.59. The SMILES string of the molecule is CN(CC(=O)N/N=C/c1ccc2c(c1)OCO2)S(=O)(=O)c1ccc2ccccc2c1. The third-order valence-corrected chi connectivity index (χ3v) is 6.39. The molecule has 1 heterocycles. The number of likely N-dealkylation sites (N-methyl/N-ethyl adjacent to an activating group) is 1. The molecule has 30 heavy (non-hydrogen) atoms. The van der Waals surface area contributed by atoms with E-state index in [2.05, 4.69) is 10.5 Å². The summed E-state index contributed by atoms with van der Waals surface area (Å²) < 4.78 is 37.1. The predicted octanol–water partition coefficient (Wildman–Crippen LogP) is 2.34. The lowest BCUT2D eigenvalue weighted by molar-refractivity contribution is -0.121. The maximum atomic E-state index is 12.8. The topological polar surface area (TPSA) is 97.3 Å². The van der Waals surface area contributed by atoms with Gasteiger partial charge in [0, 0.05) is 7.05 Å². The number of rotatable bonds is 6. The summed E-state index contributed by atoms with van der Waals surface area (Å²) in [5.74, 6) is 0.696. The summed E-state index contributed by atoms with van der Waals surface area (Å²) in [6.07, 6.45) is 1.44. The number of carbonyl (C=O) groups is 1. The molecule has 0 spiro atoms. The standard InChI is InChI=1S/C21H19N3O5S/c1-24(30(26,27)18-8-7-16-4-2-3-5-17(16)11-18)13-21(25)23-22-12-15-6-9-19-20(10-15)29-14-28-19/h2-12H,13-14H2,1H3,(H,23,25)/b22-12+. The molecule has 1 N–H and O–H groups in total. The zero-order chi connectivity index (χ0) is 21.1. The lowest BCUT2D eigenvalue weighted by atomic mass is 10.1. The van der Waals surface area contributed by atoms with E-state index in [0.29, 0.717) is 17.1 Å². The average Bonchev–Trinajstić information content (AvgIpc) is 3.21. The normalized spacial score (nSPS) is 13.3. The van der Waals surface area contributed by atoms with Crippen LogP contribution in [0.3, 0.4) is 0 Å². The summed E-state index contributed by atoms with van der Waals surface area (Å²) in [6.45, 7) is -0.196. The Balaban J connectivity index is 1.39. The summed E-state index contributed by atoms with van der Waals surface area (Å²) in [7, 11) is -2.47. The number of amides is 1. The van der Waals surface area contributed by atoms with Gasteiger partial charge in [-0.3, -0.25) is 4.79 Å². The number of hydrazone groups is 1. The van der Waals surface area contributed by atoms with Crippen LogP contribution in [0.15, 0.2) is 70.7 Å². The first-order valence-electron chi connectivity index (χ1n) is 9.10. The molecule has 1 aliphatic heterocycles. The Morgan fingerprint density at radius 2 is 1.83 bits per heavy atom. The highest BCUT2D eigenvalue weighted by Crippen LogP contribution is 2.31. The summed E-state index contributed by atoms with van der Waals surface area (Å²) in [5, 5.41) is 5.62. The fourth-order valence-electron chi connectivity index (χ4n) is 3.00. The number of sulfonamides is 1. The molecule has 9 heteroatoms. The van der Waals surface area contributed by atoms with Crippen LogP contribution in [0.2, 0.25) is 0 Å². The van der Waals surface area contributed by atoms with Crippen molar-refractivity contribution >= 4 is 32.9 Å². The zero-order valence-electron chi connectivity index (χ0n) is 16.1. The van der Waals surface area contributed by atoms with Crippen LogP contribution in [0.5, 0.6) is 11.5 Å². The molecule has 3 aromatic carbocycles. The highest BCUT2D eigenvalue weighted by atomic mass is 32.2. The number of nitrogens with zero attached hydrogens (tertiary/aromatic N) is 2. The fourth-order valence-corrected chi connectivity index (χ4v) is 4.17. The molecule has 1 aliphatic rings. The van der Waals surface area contributed by atoms with Gasteiger partial charge in [0.15, 0.2) is 11.5 Å². The smallest absolute Gasteiger partial charge is 0.255 e. The lowest BCUT2D eigenvalue weighted by Crippen LogP contribution is -2.36. The van der Waals surface area contributed by atoms with E-state index in [1.165, 1.54) is 19.3 Å². The molecule has 0 radical (unpaired) electrons. The van der Waals surface area contributed by atoms with Gasteiger partial charge in [-0.05, 0) is 46.7 Å². The number of hydrogen-bond acceptors (Lipinski definition) is 6. The first-order valence-corrected chi connectivity index (χ1v) is 10.5. The monoisotopic (exact) mass is 425 g/mol. The second-order valence-electron chi connectivity index (χ2n) is 6.68. The summed E-state index contributed by atoms with van der Waals surface area (Å²) in [4.78, 5) is 12.3. The third kappa shape index (κ3) is 4.12. The van der Waals surface area contributed by atoms with Crippen molar-refractivity contribution in [3.8, 4) is 11.5 Å². The number of benzene rings is 3. The van der Waals surface area contributed by atoms with Gasteiger partial charge in [0.05, 0.1) is 17.7 Å². The average molecular weight is 425 g/mol. The molecule has 0 atom stereocenters. The van der Waals surface area contributed by atoms with Gasteiger partial charge in [-0.1, -0.05) is 30.3 Å². The van der Waals surface area contributed by atoms with Crippen molar-refractivity contribution in [1.82, 2.24) is 9.73 Å². The molecular weight excluding hydrogens is 406 g/mol. The van der Waals surface area contributed by atoms with Crippen LogP contribution in [0.1, 0.15) is 5.56 Å². The number of carbonyl (C=O) groups excluding carboxylic acids is 1. The number of ether oxygens (including phenoxy) is 2. The van der Waals surface area contributed by atoms with E-state index in [0.717, 1.165) is 15.1 Å². The van der Waals surface area contributed by atoms with E-state index in [4.69, 9.17) is 9.47 Å². The maximum Gasteiger partial charge on any atom is 0.255 e. The summed E-state index contributed by atoms with van der Waals surface area (Å²) >= 11 is 0. The highest BCUT2D eigenvalue weighted by molar-refractivity contribution is 7.89. The Hall–Kier alpha value is -3.43. The van der Waals surface area contributed by atoms with Crippen molar-refractivity contribution in [2.24, 2.45) is 5.10 Å². The van der Waals surface area contributed by atoms with Crippen molar-refractivity contribution in [2.45, 2.75) is 4.90 Å². The van der Waals surface area contributed by atoms with E-state index in [-0.39, 0.29) is 18.2 Å². The fraction of sp³-hybridized carbons (Fsp3) is 0.143. The van der Waals surface area contributed by atoms with Crippen molar-refractivity contribution in [3.05, 3.63) is 66.2 Å². The van der Waals surface area contributed by atoms with Crippen molar-refractivity contribution in [3.63, 3.8) is 0 Å². The second kappa shape index (κ2) is 8.13. The van der Waals surface area contributed by atoms with Crippen LogP contribution in [0.25, 0.3) is 10.8 Å². The van der Waals surface area contributed by atoms with Crippen molar-refractivity contribution < 1.29 is 22.7 Å². The quantitative estimate of drug-likeness (QED) is 0.483. The van der Waals surface area contributed by atoms with Gasteiger partial charge in [0.1, 0.15) is 0 Å². The van der Waals surface area contributed by atoms with E-state index in [1.807, 2.05) is 24.3 Å². The molecule has 8 nitrogen and oxygen atoms in total. The molecule has 0 aliphatic carbocycles. The first kappa shape index (κ1) is 19.9. The van der Waals surface area contributed by atoms with E-state index in [1.54, 1.807) is 30.3 Å². The summed E-state index contributed by atoms with van der Waals surface area (Å²) in [5.41, 5.74) is 3.04. The van der Waals surface area contributed by atoms with Gasteiger partial charge >= 0.3 is 0 Å². The molecule has 1 amide bonds. The Morgan fingerprint density at radius 1 is 1.07 bits per heavy atom. The van der Waals surface area contributed by atoms with E-state index in [9.17, 15) is 13.2 Å². The van der Waals surface area contributed by atoms with Gasteiger partial charge in [0.2, 0.25) is 16.8 Å². The van der Waals surface area contributed by atoms with Gasteiger partial charge in [-0.25, -0.2) is 13.8 Å². The van der Waals surface area contributed by atoms with Crippen LogP contribution >= 0.6 is 0 Å². The highest BCUT2D eigenvalue weighted by Gasteiger charge is 2.23. The number of nitrogens with one attached hydrogen (secondary N) is 1. The minimum atomic E-state index is -3.82. The van der Waals surface area contributed by atoms with E-state index >= 15 is 0 Å². The van der Waals surface area contributed by atoms with Crippen LogP contribution in [-0.2, 0) is 14.8 Å². The predicted molar refractivity (Wildman–Crippen MR) is 112 cm³/mol. The molecule has 4 rings (SSSR count). The lowest BCUT2D eigenvalue weighted by Gasteiger charge is -2.16. The largest absolute Gasteiger partial charge is 0.454 e. The van der Waals surface area contributed by atoms with Gasteiger partial charge in [0.25, 0.3) is 5.91 Å². The molecule has 0 aromatic heterocycles. The van der Waals surface area contributed by atoms with Crippen molar-refractivity contribution in [1.29, 1.82) is 0 Å². The molecule has 0 saturated carbocycles. The molecular formula is C21H19N3O5S. The molecule has 154 valence electrons. The molecule has 0 fully saturated rings. The molecule has 0 bridgehead atoms. The maximum absolute atomic E-state index is 12.8. The molecule has 0 unspecified atom stereocenters. The minimum absolute atomic E-state index is 0.125. The van der Waals surface area contributed by atoms with Gasteiger partial charge in [-0.2, -0.15) is 9.41 Å².